The summed E-state index contributed by atoms with van der Waals surface area (Å²) in [4.78, 5) is 37.3. The predicted molar refractivity (Wildman–Crippen MR) is 76.3 cm³/mol. The molecule has 9 nitrogen and oxygen atoms in total. The van der Waals surface area contributed by atoms with E-state index in [2.05, 4.69) is 14.4 Å². The molecule has 116 valence electrons. The van der Waals surface area contributed by atoms with Gasteiger partial charge in [0, 0.05) is 6.20 Å². The van der Waals surface area contributed by atoms with Gasteiger partial charge in [-0.2, -0.15) is 0 Å². The highest BCUT2D eigenvalue weighted by Gasteiger charge is 2.22. The van der Waals surface area contributed by atoms with Crippen LogP contribution < -0.4 is 16.0 Å². The highest BCUT2D eigenvalue weighted by molar-refractivity contribution is 7.92. The fraction of sp³-hybridized carbons (Fsp3) is 0.0833. The lowest BCUT2D eigenvalue weighted by Gasteiger charge is -2.10. The van der Waals surface area contributed by atoms with Crippen molar-refractivity contribution in [2.45, 2.75) is 4.90 Å². The minimum Gasteiger partial charge on any atom is -0.465 e. The van der Waals surface area contributed by atoms with Gasteiger partial charge in [-0.1, -0.05) is 12.1 Å². The van der Waals surface area contributed by atoms with Gasteiger partial charge in [0.05, 0.1) is 18.4 Å². The maximum Gasteiger partial charge on any atom is 0.339 e. The van der Waals surface area contributed by atoms with Crippen LogP contribution in [-0.2, 0) is 14.8 Å². The van der Waals surface area contributed by atoms with E-state index in [-0.39, 0.29) is 11.3 Å². The molecular formula is C12H11N3O6S. The third-order valence-corrected chi connectivity index (χ3v) is 4.02. The van der Waals surface area contributed by atoms with Crippen LogP contribution in [0, 0.1) is 0 Å². The number of benzene rings is 1. The molecule has 0 saturated carbocycles. The van der Waals surface area contributed by atoms with Crippen molar-refractivity contribution in [3.63, 3.8) is 0 Å². The van der Waals surface area contributed by atoms with Gasteiger partial charge in [0.1, 0.15) is 0 Å². The van der Waals surface area contributed by atoms with Gasteiger partial charge >= 0.3 is 11.7 Å². The van der Waals surface area contributed by atoms with Crippen molar-refractivity contribution in [2.75, 3.05) is 11.8 Å². The number of hydrogen-bond donors (Lipinski definition) is 3. The fourth-order valence-corrected chi connectivity index (χ4v) is 2.74. The number of anilines is 1. The molecule has 0 unspecified atom stereocenters. The molecule has 1 aromatic carbocycles. The lowest BCUT2D eigenvalue weighted by Crippen LogP contribution is -2.29. The molecule has 3 N–H and O–H groups in total. The van der Waals surface area contributed by atoms with Crippen molar-refractivity contribution in [2.24, 2.45) is 0 Å². The Morgan fingerprint density at radius 2 is 1.91 bits per heavy atom. The van der Waals surface area contributed by atoms with Crippen molar-refractivity contribution in [1.82, 2.24) is 9.97 Å². The number of esters is 1. The molecule has 0 aliphatic heterocycles. The van der Waals surface area contributed by atoms with Gasteiger partial charge in [-0.15, -0.1) is 0 Å². The summed E-state index contributed by atoms with van der Waals surface area (Å²) >= 11 is 0. The van der Waals surface area contributed by atoms with Crippen molar-refractivity contribution in [3.8, 4) is 0 Å². The van der Waals surface area contributed by atoms with Gasteiger partial charge in [-0.05, 0) is 12.1 Å². The Labute approximate surface area is 124 Å². The molecular weight excluding hydrogens is 314 g/mol. The molecule has 0 atom stereocenters. The minimum atomic E-state index is -4.30. The molecule has 10 heteroatoms. The third kappa shape index (κ3) is 3.06. The van der Waals surface area contributed by atoms with Crippen LogP contribution in [0.1, 0.15) is 10.4 Å². The number of para-hydroxylation sites is 1. The predicted octanol–water partition coefficient (Wildman–Crippen LogP) is -0.349. The normalized spacial score (nSPS) is 11.0. The molecule has 0 amide bonds. The number of aromatic nitrogens is 2. The Balaban J connectivity index is 2.48. The molecule has 0 aliphatic rings. The summed E-state index contributed by atoms with van der Waals surface area (Å²) in [6.07, 6.45) is 0.768. The zero-order chi connectivity index (χ0) is 16.3. The zero-order valence-electron chi connectivity index (χ0n) is 11.2. The van der Waals surface area contributed by atoms with Crippen LogP contribution in [0.5, 0.6) is 0 Å². The molecule has 0 bridgehead atoms. The average Bonchev–Trinajstić information content (AvgIpc) is 2.46. The molecule has 0 aliphatic carbocycles. The number of sulfonamides is 1. The van der Waals surface area contributed by atoms with E-state index in [9.17, 15) is 22.8 Å². The molecule has 22 heavy (non-hydrogen) atoms. The van der Waals surface area contributed by atoms with Crippen LogP contribution in [-0.4, -0.2) is 31.5 Å². The molecule has 0 spiro atoms. The number of hydrogen-bond acceptors (Lipinski definition) is 6. The number of nitrogens with one attached hydrogen (secondary N) is 3. The fourth-order valence-electron chi connectivity index (χ4n) is 1.66. The van der Waals surface area contributed by atoms with Crippen LogP contribution in [0.2, 0.25) is 0 Å². The van der Waals surface area contributed by atoms with E-state index in [1.165, 1.54) is 24.3 Å². The topological polar surface area (TPSA) is 138 Å². The van der Waals surface area contributed by atoms with Crippen LogP contribution in [0.4, 0.5) is 5.69 Å². The average molecular weight is 325 g/mol. The number of methoxy groups -OCH3 is 1. The number of carbonyl (C=O) groups is 1. The first-order valence-electron chi connectivity index (χ1n) is 5.87. The largest absolute Gasteiger partial charge is 0.465 e. The number of carbonyl (C=O) groups excluding carboxylic acids is 1. The van der Waals surface area contributed by atoms with E-state index in [0.29, 0.717) is 0 Å². The molecule has 2 aromatic rings. The first-order valence-corrected chi connectivity index (χ1v) is 7.35. The molecule has 0 saturated heterocycles. The van der Waals surface area contributed by atoms with Gasteiger partial charge in [-0.25, -0.2) is 18.0 Å². The Morgan fingerprint density at radius 3 is 2.55 bits per heavy atom. The highest BCUT2D eigenvalue weighted by Crippen LogP contribution is 2.19. The van der Waals surface area contributed by atoms with Crippen molar-refractivity contribution >= 4 is 21.7 Å². The Bertz CT molecular complexity index is 928. The lowest BCUT2D eigenvalue weighted by molar-refractivity contribution is 0.0602. The summed E-state index contributed by atoms with van der Waals surface area (Å²) in [6.45, 7) is 0. The SMILES string of the molecule is COC(=O)c1ccccc1NS(=O)(=O)c1c[nH]c(=O)[nH]c1=O. The van der Waals surface area contributed by atoms with Crippen molar-refractivity contribution in [3.05, 3.63) is 56.9 Å². The van der Waals surface area contributed by atoms with E-state index >= 15 is 0 Å². The summed E-state index contributed by atoms with van der Waals surface area (Å²) in [5.74, 6) is -0.742. The van der Waals surface area contributed by atoms with E-state index in [1.807, 2.05) is 0 Å². The second-order valence-corrected chi connectivity index (χ2v) is 5.73. The zero-order valence-corrected chi connectivity index (χ0v) is 12.1. The van der Waals surface area contributed by atoms with Crippen molar-refractivity contribution in [1.29, 1.82) is 0 Å². The van der Waals surface area contributed by atoms with Crippen LogP contribution in [0.25, 0.3) is 0 Å². The Hall–Kier alpha value is -2.88. The summed E-state index contributed by atoms with van der Waals surface area (Å²) in [7, 11) is -3.14. The van der Waals surface area contributed by atoms with Gasteiger partial charge in [0.15, 0.2) is 4.90 Å². The van der Waals surface area contributed by atoms with E-state index in [0.717, 1.165) is 13.3 Å². The van der Waals surface area contributed by atoms with Gasteiger partial charge in [0.2, 0.25) is 0 Å². The maximum atomic E-state index is 12.2. The minimum absolute atomic E-state index is 0.0190. The van der Waals surface area contributed by atoms with Crippen LogP contribution >= 0.6 is 0 Å². The first kappa shape index (κ1) is 15.5. The molecule has 1 aromatic heterocycles. The summed E-state index contributed by atoms with van der Waals surface area (Å²) in [5.41, 5.74) is -1.99. The summed E-state index contributed by atoms with van der Waals surface area (Å²) < 4.78 is 31.0. The van der Waals surface area contributed by atoms with E-state index < -0.39 is 32.1 Å². The van der Waals surface area contributed by atoms with E-state index in [4.69, 9.17) is 0 Å². The quantitative estimate of drug-likeness (QED) is 0.657. The second-order valence-electron chi connectivity index (χ2n) is 4.08. The van der Waals surface area contributed by atoms with Gasteiger partial charge in [0.25, 0.3) is 15.6 Å². The third-order valence-electron chi connectivity index (χ3n) is 2.65. The summed E-state index contributed by atoms with van der Waals surface area (Å²) in [5, 5.41) is 0. The van der Waals surface area contributed by atoms with E-state index in [1.54, 1.807) is 4.98 Å². The highest BCUT2D eigenvalue weighted by atomic mass is 32.2. The van der Waals surface area contributed by atoms with Gasteiger partial charge < -0.3 is 9.72 Å². The van der Waals surface area contributed by atoms with Crippen LogP contribution in [0.3, 0.4) is 0 Å². The van der Waals surface area contributed by atoms with Crippen molar-refractivity contribution < 1.29 is 17.9 Å². The Kier molecular flexibility index (Phi) is 4.13. The number of ether oxygens (including phenoxy) is 1. The first-order chi connectivity index (χ1) is 10.3. The van der Waals surface area contributed by atoms with Gasteiger partial charge in [-0.3, -0.25) is 14.5 Å². The maximum absolute atomic E-state index is 12.2. The second kappa shape index (κ2) is 5.85. The summed E-state index contributed by atoms with van der Waals surface area (Å²) in [6, 6.07) is 5.72. The monoisotopic (exact) mass is 325 g/mol. The van der Waals surface area contributed by atoms with Crippen LogP contribution in [0.15, 0.2) is 44.9 Å². The molecule has 0 radical (unpaired) electrons. The molecule has 1 heterocycles. The Morgan fingerprint density at radius 1 is 1.23 bits per heavy atom. The smallest absolute Gasteiger partial charge is 0.339 e. The standard InChI is InChI=1S/C12H11N3O6S/c1-21-11(17)7-4-2-3-5-8(7)15-22(19,20)9-6-13-12(18)14-10(9)16/h2-6,15H,1H3,(H2,13,14,16,18). The molecule has 0 fully saturated rings. The number of rotatable bonds is 4. The number of aromatic amines is 2. The molecule has 2 rings (SSSR count). The lowest BCUT2D eigenvalue weighted by atomic mass is 10.2. The number of H-pyrrole nitrogens is 2.